The van der Waals surface area contributed by atoms with Crippen molar-refractivity contribution in [1.82, 2.24) is 14.6 Å². The van der Waals surface area contributed by atoms with Gasteiger partial charge < -0.3 is 19.3 Å². The fourth-order valence-electron chi connectivity index (χ4n) is 3.88. The quantitative estimate of drug-likeness (QED) is 0.512. The number of aromatic nitrogens is 3. The summed E-state index contributed by atoms with van der Waals surface area (Å²) in [5.41, 5.74) is 2.95. The van der Waals surface area contributed by atoms with Gasteiger partial charge in [-0.3, -0.25) is 0 Å². The third-order valence-electron chi connectivity index (χ3n) is 5.40. The topological polar surface area (TPSA) is 63.6 Å². The van der Waals surface area contributed by atoms with Crippen LogP contribution in [0.3, 0.4) is 0 Å². The Morgan fingerprint density at radius 1 is 0.862 bits per heavy atom. The first kappa shape index (κ1) is 17.9. The number of fused-ring (bicyclic) bond motifs is 2. The number of piperazine rings is 1. The first-order valence-electron chi connectivity index (χ1n) is 9.50. The van der Waals surface area contributed by atoms with Gasteiger partial charge in [0, 0.05) is 43.0 Å². The summed E-state index contributed by atoms with van der Waals surface area (Å²) in [4.78, 5) is 4.79. The summed E-state index contributed by atoms with van der Waals surface area (Å²) in [6.07, 6.45) is 1.84. The Morgan fingerprint density at radius 3 is 2.38 bits per heavy atom. The summed E-state index contributed by atoms with van der Waals surface area (Å²) >= 11 is 1.58. The van der Waals surface area contributed by atoms with E-state index < -0.39 is 0 Å². The van der Waals surface area contributed by atoms with Gasteiger partial charge in [0.1, 0.15) is 5.00 Å². The second kappa shape index (κ2) is 7.36. The first-order chi connectivity index (χ1) is 14.3. The van der Waals surface area contributed by atoms with Crippen molar-refractivity contribution in [3.8, 4) is 11.5 Å². The molecule has 0 spiro atoms. The Bertz CT molecular complexity index is 1170. The summed E-state index contributed by atoms with van der Waals surface area (Å²) in [5, 5.41) is 12.0. The maximum atomic E-state index is 5.49. The molecule has 0 N–H and O–H groups in total. The molecule has 4 aromatic rings. The highest BCUT2D eigenvalue weighted by Gasteiger charge is 2.23. The summed E-state index contributed by atoms with van der Waals surface area (Å²) in [6, 6.07) is 12.2. The van der Waals surface area contributed by atoms with Crippen molar-refractivity contribution in [2.24, 2.45) is 0 Å². The molecule has 2 aromatic heterocycles. The first-order valence-corrected chi connectivity index (χ1v) is 10.3. The molecule has 0 saturated carbocycles. The molecule has 2 aromatic carbocycles. The molecule has 1 aliphatic rings. The zero-order valence-electron chi connectivity index (χ0n) is 16.3. The molecule has 1 fully saturated rings. The lowest BCUT2D eigenvalue weighted by molar-refractivity contribution is 0.355. The van der Waals surface area contributed by atoms with Gasteiger partial charge in [-0.05, 0) is 29.7 Å². The van der Waals surface area contributed by atoms with Crippen LogP contribution in [0.5, 0.6) is 11.5 Å². The number of rotatable bonds is 4. The summed E-state index contributed by atoms with van der Waals surface area (Å²) in [7, 11) is 3.28. The molecular weight excluding hydrogens is 386 g/mol. The van der Waals surface area contributed by atoms with Crippen molar-refractivity contribution in [1.29, 1.82) is 0 Å². The number of methoxy groups -OCH3 is 2. The van der Waals surface area contributed by atoms with Crippen molar-refractivity contribution in [3.05, 3.63) is 42.6 Å². The molecule has 0 atom stereocenters. The highest BCUT2D eigenvalue weighted by molar-refractivity contribution is 7.11. The number of nitrogens with zero attached hydrogens (tertiary/aromatic N) is 5. The van der Waals surface area contributed by atoms with Crippen LogP contribution in [0.1, 0.15) is 0 Å². The highest BCUT2D eigenvalue weighted by atomic mass is 32.1. The lowest BCUT2D eigenvalue weighted by Crippen LogP contribution is -2.46. The van der Waals surface area contributed by atoms with Gasteiger partial charge in [-0.2, -0.15) is 14.6 Å². The fourth-order valence-corrected chi connectivity index (χ4v) is 4.79. The summed E-state index contributed by atoms with van der Waals surface area (Å²) in [5.74, 6) is 1.36. The van der Waals surface area contributed by atoms with Crippen molar-refractivity contribution >= 4 is 44.0 Å². The molecule has 8 heteroatoms. The normalized spacial score (nSPS) is 14.6. The van der Waals surface area contributed by atoms with Crippen LogP contribution in [-0.4, -0.2) is 55.0 Å². The number of anilines is 2. The van der Waals surface area contributed by atoms with E-state index in [4.69, 9.17) is 9.47 Å². The molecule has 0 bridgehead atoms. The summed E-state index contributed by atoms with van der Waals surface area (Å²) < 4.78 is 15.5. The van der Waals surface area contributed by atoms with Gasteiger partial charge in [0.15, 0.2) is 11.5 Å². The predicted molar refractivity (Wildman–Crippen MR) is 117 cm³/mol. The van der Waals surface area contributed by atoms with E-state index in [-0.39, 0.29) is 0 Å². The Hall–Kier alpha value is -3.13. The Kier molecular flexibility index (Phi) is 4.55. The SMILES string of the molecule is COc1cc2nncc(N3CCN(c4snc5ccccc45)CC3)c2cc1OC. The molecule has 0 radical (unpaired) electrons. The molecular formula is C21H21N5O2S. The van der Waals surface area contributed by atoms with E-state index in [1.165, 1.54) is 10.4 Å². The molecule has 0 amide bonds. The van der Waals surface area contributed by atoms with E-state index in [0.717, 1.165) is 48.3 Å². The van der Waals surface area contributed by atoms with Crippen molar-refractivity contribution in [2.45, 2.75) is 0 Å². The van der Waals surface area contributed by atoms with Gasteiger partial charge in [-0.1, -0.05) is 12.1 Å². The van der Waals surface area contributed by atoms with Crippen LogP contribution in [0.4, 0.5) is 10.7 Å². The maximum absolute atomic E-state index is 5.49. The third kappa shape index (κ3) is 3.09. The fraction of sp³-hybridized carbons (Fsp3) is 0.286. The standard InChI is InChI=1S/C21H21N5O2S/c1-27-19-11-15-17(12-20(19)28-2)23-22-13-18(15)25-7-9-26(10-8-25)21-14-5-3-4-6-16(14)24-29-21/h3-6,11-13H,7-10H2,1-2H3. The number of ether oxygens (including phenoxy) is 2. The van der Waals surface area contributed by atoms with E-state index in [9.17, 15) is 0 Å². The van der Waals surface area contributed by atoms with E-state index in [1.807, 2.05) is 24.4 Å². The highest BCUT2D eigenvalue weighted by Crippen LogP contribution is 2.36. The average Bonchev–Trinajstić information content (AvgIpc) is 3.22. The van der Waals surface area contributed by atoms with E-state index in [1.54, 1.807) is 25.8 Å². The van der Waals surface area contributed by atoms with E-state index >= 15 is 0 Å². The minimum absolute atomic E-state index is 0.661. The van der Waals surface area contributed by atoms with Gasteiger partial charge in [-0.15, -0.1) is 0 Å². The Labute approximate surface area is 172 Å². The van der Waals surface area contributed by atoms with Crippen LogP contribution < -0.4 is 19.3 Å². The lowest BCUT2D eigenvalue weighted by Gasteiger charge is -2.36. The second-order valence-electron chi connectivity index (χ2n) is 6.93. The van der Waals surface area contributed by atoms with Crippen molar-refractivity contribution in [2.75, 3.05) is 50.2 Å². The van der Waals surface area contributed by atoms with Gasteiger partial charge >= 0.3 is 0 Å². The van der Waals surface area contributed by atoms with Crippen molar-refractivity contribution < 1.29 is 9.47 Å². The smallest absolute Gasteiger partial charge is 0.162 e. The molecule has 29 heavy (non-hydrogen) atoms. The molecule has 7 nitrogen and oxygen atoms in total. The molecule has 1 aliphatic heterocycles. The van der Waals surface area contributed by atoms with Gasteiger partial charge in [-0.25, -0.2) is 0 Å². The maximum Gasteiger partial charge on any atom is 0.162 e. The minimum atomic E-state index is 0.661. The molecule has 1 saturated heterocycles. The van der Waals surface area contributed by atoms with Crippen LogP contribution in [0.15, 0.2) is 42.6 Å². The zero-order chi connectivity index (χ0) is 19.8. The number of hydrogen-bond acceptors (Lipinski definition) is 8. The van der Waals surface area contributed by atoms with Crippen LogP contribution >= 0.6 is 11.5 Å². The van der Waals surface area contributed by atoms with E-state index in [2.05, 4.69) is 42.6 Å². The Morgan fingerprint density at radius 2 is 1.59 bits per heavy atom. The van der Waals surface area contributed by atoms with E-state index in [0.29, 0.717) is 11.5 Å². The molecule has 148 valence electrons. The van der Waals surface area contributed by atoms with Crippen LogP contribution in [0, 0.1) is 0 Å². The average molecular weight is 407 g/mol. The van der Waals surface area contributed by atoms with Crippen LogP contribution in [-0.2, 0) is 0 Å². The Balaban J connectivity index is 1.42. The molecule has 0 unspecified atom stereocenters. The summed E-state index contributed by atoms with van der Waals surface area (Å²) in [6.45, 7) is 3.68. The molecule has 3 heterocycles. The zero-order valence-corrected chi connectivity index (χ0v) is 17.1. The predicted octanol–water partition coefficient (Wildman–Crippen LogP) is 3.58. The van der Waals surface area contributed by atoms with Gasteiger partial charge in [0.2, 0.25) is 0 Å². The van der Waals surface area contributed by atoms with Gasteiger partial charge in [0.05, 0.1) is 37.1 Å². The molecule has 0 aliphatic carbocycles. The number of benzene rings is 2. The third-order valence-corrected chi connectivity index (χ3v) is 6.33. The van der Waals surface area contributed by atoms with Crippen LogP contribution in [0.25, 0.3) is 21.8 Å². The minimum Gasteiger partial charge on any atom is -0.493 e. The van der Waals surface area contributed by atoms with Crippen LogP contribution in [0.2, 0.25) is 0 Å². The monoisotopic (exact) mass is 407 g/mol. The second-order valence-corrected chi connectivity index (χ2v) is 7.68. The number of hydrogen-bond donors (Lipinski definition) is 0. The molecule has 5 rings (SSSR count). The van der Waals surface area contributed by atoms with Crippen molar-refractivity contribution in [3.63, 3.8) is 0 Å². The largest absolute Gasteiger partial charge is 0.493 e. The van der Waals surface area contributed by atoms with Gasteiger partial charge in [0.25, 0.3) is 0 Å². The lowest BCUT2D eigenvalue weighted by atomic mass is 10.1.